The van der Waals surface area contributed by atoms with Gasteiger partial charge in [0.25, 0.3) is 5.91 Å². The van der Waals surface area contributed by atoms with Crippen molar-refractivity contribution >= 4 is 5.91 Å². The Morgan fingerprint density at radius 3 is 2.92 bits per heavy atom. The molecule has 3 heterocycles. The molecule has 6 heteroatoms. The zero-order chi connectivity index (χ0) is 17.2. The van der Waals surface area contributed by atoms with E-state index in [1.165, 1.54) is 12.8 Å². The van der Waals surface area contributed by atoms with Gasteiger partial charge in [-0.1, -0.05) is 19.8 Å². The molecule has 25 heavy (non-hydrogen) atoms. The Bertz CT molecular complexity index is 729. The van der Waals surface area contributed by atoms with Gasteiger partial charge in [-0.2, -0.15) is 0 Å². The lowest BCUT2D eigenvalue weighted by Gasteiger charge is -2.33. The molecular formula is C19H26N4O2. The highest BCUT2D eigenvalue weighted by Crippen LogP contribution is 2.33. The Kier molecular flexibility index (Phi) is 4.59. The van der Waals surface area contributed by atoms with Gasteiger partial charge in [0.05, 0.1) is 6.04 Å². The third kappa shape index (κ3) is 3.22. The van der Waals surface area contributed by atoms with Crippen LogP contribution in [0.25, 0.3) is 0 Å². The molecule has 1 amide bonds. The third-order valence-corrected chi connectivity index (χ3v) is 5.59. The number of aryl methyl sites for hydroxylation is 1. The van der Waals surface area contributed by atoms with E-state index >= 15 is 0 Å². The Hall–Kier alpha value is -2.11. The number of hydrogen-bond acceptors (Lipinski definition) is 4. The quantitative estimate of drug-likeness (QED) is 0.852. The van der Waals surface area contributed by atoms with Gasteiger partial charge in [0.1, 0.15) is 12.1 Å². The molecule has 4 rings (SSSR count). The van der Waals surface area contributed by atoms with Crippen molar-refractivity contribution in [2.24, 2.45) is 0 Å². The number of hydrogen-bond donors (Lipinski definition) is 0. The number of rotatable bonds is 4. The largest absolute Gasteiger partial charge is 0.448 e. The summed E-state index contributed by atoms with van der Waals surface area (Å²) in [6.07, 6.45) is 13.1. The highest BCUT2D eigenvalue weighted by molar-refractivity contribution is 5.92. The fraction of sp³-hybridized carbons (Fsp3) is 0.632. The van der Waals surface area contributed by atoms with E-state index in [1.54, 1.807) is 6.26 Å². The summed E-state index contributed by atoms with van der Waals surface area (Å²) >= 11 is 0. The van der Waals surface area contributed by atoms with E-state index in [2.05, 4.69) is 21.5 Å². The van der Waals surface area contributed by atoms with Crippen molar-refractivity contribution in [3.05, 3.63) is 36.1 Å². The van der Waals surface area contributed by atoms with E-state index in [-0.39, 0.29) is 5.91 Å². The zero-order valence-corrected chi connectivity index (χ0v) is 14.9. The SMILES string of the molecule is CCc1nccn1[C@H]1CCCN(C(=O)c2coc(C3CCCC3)n2)C1. The fourth-order valence-electron chi connectivity index (χ4n) is 4.22. The number of aromatic nitrogens is 3. The van der Waals surface area contributed by atoms with E-state index in [4.69, 9.17) is 4.42 Å². The standard InChI is InChI=1S/C19H26N4O2/c1-2-17-20-9-11-23(17)15-8-5-10-22(12-15)19(24)16-13-25-18(21-16)14-6-3-4-7-14/h9,11,13-15H,2-8,10,12H2,1H3/t15-/m0/s1. The molecule has 2 aromatic heterocycles. The summed E-state index contributed by atoms with van der Waals surface area (Å²) in [7, 11) is 0. The van der Waals surface area contributed by atoms with Crippen LogP contribution in [0.3, 0.4) is 0 Å². The van der Waals surface area contributed by atoms with Crippen LogP contribution >= 0.6 is 0 Å². The van der Waals surface area contributed by atoms with Gasteiger partial charge < -0.3 is 13.9 Å². The first-order valence-electron chi connectivity index (χ1n) is 9.52. The van der Waals surface area contributed by atoms with Gasteiger partial charge in [0.15, 0.2) is 11.6 Å². The topological polar surface area (TPSA) is 64.2 Å². The summed E-state index contributed by atoms with van der Waals surface area (Å²) < 4.78 is 7.85. The number of likely N-dealkylation sites (tertiary alicyclic amines) is 1. The highest BCUT2D eigenvalue weighted by atomic mass is 16.3. The van der Waals surface area contributed by atoms with Gasteiger partial charge in [0.2, 0.25) is 0 Å². The Labute approximate surface area is 148 Å². The first kappa shape index (κ1) is 16.4. The van der Waals surface area contributed by atoms with Crippen molar-refractivity contribution in [2.45, 2.75) is 63.8 Å². The van der Waals surface area contributed by atoms with Crippen LogP contribution in [0.15, 0.2) is 23.1 Å². The molecule has 134 valence electrons. The molecule has 0 radical (unpaired) electrons. The van der Waals surface area contributed by atoms with Gasteiger partial charge in [0, 0.05) is 37.8 Å². The first-order valence-corrected chi connectivity index (χ1v) is 9.52. The van der Waals surface area contributed by atoms with Crippen molar-refractivity contribution in [1.82, 2.24) is 19.4 Å². The lowest BCUT2D eigenvalue weighted by atomic mass is 10.0. The third-order valence-electron chi connectivity index (χ3n) is 5.59. The van der Waals surface area contributed by atoms with E-state index in [0.29, 0.717) is 24.2 Å². The molecular weight excluding hydrogens is 316 g/mol. The molecule has 0 aromatic carbocycles. The average Bonchev–Trinajstić information content (AvgIpc) is 3.41. The van der Waals surface area contributed by atoms with Crippen LogP contribution in [-0.4, -0.2) is 38.4 Å². The van der Waals surface area contributed by atoms with Crippen LogP contribution in [0.5, 0.6) is 0 Å². The van der Waals surface area contributed by atoms with Gasteiger partial charge in [-0.15, -0.1) is 0 Å². The number of piperidine rings is 1. The van der Waals surface area contributed by atoms with Gasteiger partial charge >= 0.3 is 0 Å². The van der Waals surface area contributed by atoms with Crippen LogP contribution in [0.1, 0.15) is 79.6 Å². The number of nitrogens with zero attached hydrogens (tertiary/aromatic N) is 4. The number of carbonyl (C=O) groups excluding carboxylic acids is 1. The highest BCUT2D eigenvalue weighted by Gasteiger charge is 2.29. The summed E-state index contributed by atoms with van der Waals surface area (Å²) in [5.74, 6) is 2.23. The predicted molar refractivity (Wildman–Crippen MR) is 93.5 cm³/mol. The molecule has 2 aromatic rings. The lowest BCUT2D eigenvalue weighted by molar-refractivity contribution is 0.0672. The Morgan fingerprint density at radius 1 is 1.28 bits per heavy atom. The molecule has 1 aliphatic carbocycles. The number of oxazole rings is 1. The van der Waals surface area contributed by atoms with Crippen LogP contribution < -0.4 is 0 Å². The molecule has 0 N–H and O–H groups in total. The van der Waals surface area contributed by atoms with E-state index in [1.807, 2.05) is 17.3 Å². The lowest BCUT2D eigenvalue weighted by Crippen LogP contribution is -2.41. The molecule has 0 spiro atoms. The summed E-state index contributed by atoms with van der Waals surface area (Å²) in [6.45, 7) is 3.62. The van der Waals surface area contributed by atoms with Crippen LogP contribution in [0.4, 0.5) is 0 Å². The molecule has 1 saturated carbocycles. The zero-order valence-electron chi connectivity index (χ0n) is 14.9. The number of carbonyl (C=O) groups is 1. The molecule has 1 atom stereocenters. The van der Waals surface area contributed by atoms with E-state index in [9.17, 15) is 4.79 Å². The molecule has 2 fully saturated rings. The Morgan fingerprint density at radius 2 is 2.12 bits per heavy atom. The predicted octanol–water partition coefficient (Wildman–Crippen LogP) is 3.57. The van der Waals surface area contributed by atoms with Crippen molar-refractivity contribution in [1.29, 1.82) is 0 Å². The van der Waals surface area contributed by atoms with Crippen molar-refractivity contribution < 1.29 is 9.21 Å². The first-order chi connectivity index (χ1) is 12.3. The Balaban J connectivity index is 1.46. The maximum atomic E-state index is 12.9. The maximum Gasteiger partial charge on any atom is 0.275 e. The second-order valence-electron chi connectivity index (χ2n) is 7.20. The van der Waals surface area contributed by atoms with Crippen LogP contribution in [0, 0.1) is 0 Å². The van der Waals surface area contributed by atoms with Gasteiger partial charge in [-0.3, -0.25) is 4.79 Å². The molecule has 1 saturated heterocycles. The van der Waals surface area contributed by atoms with Crippen LogP contribution in [0.2, 0.25) is 0 Å². The smallest absolute Gasteiger partial charge is 0.275 e. The second-order valence-corrected chi connectivity index (χ2v) is 7.20. The number of imidazole rings is 1. The minimum absolute atomic E-state index is 0.00383. The molecule has 0 unspecified atom stereocenters. The fourth-order valence-corrected chi connectivity index (χ4v) is 4.22. The maximum absolute atomic E-state index is 12.9. The van der Waals surface area contributed by atoms with Crippen molar-refractivity contribution in [3.63, 3.8) is 0 Å². The van der Waals surface area contributed by atoms with E-state index < -0.39 is 0 Å². The molecule has 6 nitrogen and oxygen atoms in total. The minimum Gasteiger partial charge on any atom is -0.448 e. The molecule has 0 bridgehead atoms. The summed E-state index contributed by atoms with van der Waals surface area (Å²) in [4.78, 5) is 23.7. The second kappa shape index (κ2) is 7.02. The number of amides is 1. The summed E-state index contributed by atoms with van der Waals surface area (Å²) in [5, 5.41) is 0. The normalized spacial score (nSPS) is 21.8. The van der Waals surface area contributed by atoms with Gasteiger partial charge in [-0.25, -0.2) is 9.97 Å². The van der Waals surface area contributed by atoms with Crippen LogP contribution in [-0.2, 0) is 6.42 Å². The molecule has 1 aliphatic heterocycles. The van der Waals surface area contributed by atoms with Gasteiger partial charge in [-0.05, 0) is 25.7 Å². The van der Waals surface area contributed by atoms with Crippen molar-refractivity contribution in [2.75, 3.05) is 13.1 Å². The van der Waals surface area contributed by atoms with Crippen molar-refractivity contribution in [3.8, 4) is 0 Å². The van der Waals surface area contributed by atoms with E-state index in [0.717, 1.165) is 50.4 Å². The monoisotopic (exact) mass is 342 g/mol. The summed E-state index contributed by atoms with van der Waals surface area (Å²) in [5.41, 5.74) is 0.462. The molecule has 2 aliphatic rings. The summed E-state index contributed by atoms with van der Waals surface area (Å²) in [6, 6.07) is 0.302. The average molecular weight is 342 g/mol. The minimum atomic E-state index is -0.00383.